The molecular formula is C33H40N2O5S. The molecule has 0 saturated carbocycles. The van der Waals surface area contributed by atoms with Crippen molar-refractivity contribution in [1.82, 2.24) is 9.21 Å². The first-order chi connectivity index (χ1) is 19.4. The van der Waals surface area contributed by atoms with Crippen LogP contribution < -0.4 is 4.74 Å². The van der Waals surface area contributed by atoms with Crippen LogP contribution in [0.3, 0.4) is 0 Å². The van der Waals surface area contributed by atoms with Gasteiger partial charge in [0.05, 0.1) is 6.61 Å². The number of sulfonamides is 1. The molecular weight excluding hydrogens is 536 g/mol. The van der Waals surface area contributed by atoms with Gasteiger partial charge in [0.1, 0.15) is 22.4 Å². The van der Waals surface area contributed by atoms with Gasteiger partial charge in [-0.05, 0) is 62.7 Å². The third kappa shape index (κ3) is 7.76. The summed E-state index contributed by atoms with van der Waals surface area (Å²) in [5, 5.41) is 19.9. The van der Waals surface area contributed by atoms with Crippen molar-refractivity contribution in [2.75, 3.05) is 26.7 Å². The Balaban J connectivity index is 1.60. The lowest BCUT2D eigenvalue weighted by atomic mass is 10.0. The summed E-state index contributed by atoms with van der Waals surface area (Å²) in [6.45, 7) is 8.03. The van der Waals surface area contributed by atoms with E-state index in [9.17, 15) is 18.6 Å². The van der Waals surface area contributed by atoms with E-state index in [4.69, 9.17) is 4.74 Å². The van der Waals surface area contributed by atoms with E-state index < -0.39 is 21.7 Å². The molecule has 0 spiro atoms. The zero-order valence-electron chi connectivity index (χ0n) is 24.4. The standard InChI is InChI=1S/C33H40N2O5S/c1-24-20-35(25(2)23-36)41(38,39)32-16-13-26(17-18-33(3,4)37)19-30(32)40-31(24)22-34(5)21-27-11-14-29(15-12-27)28-9-7-6-8-10-28/h6-16,19,24-25,31,36-37H,20-23H2,1-5H3/t24-,25+,31-/m1/s1. The Morgan fingerprint density at radius 1 is 1.07 bits per heavy atom. The van der Waals surface area contributed by atoms with Crippen molar-refractivity contribution in [3.8, 4) is 28.7 Å². The van der Waals surface area contributed by atoms with Crippen LogP contribution in [0.15, 0.2) is 77.7 Å². The van der Waals surface area contributed by atoms with Gasteiger partial charge in [-0.2, -0.15) is 4.31 Å². The van der Waals surface area contributed by atoms with Crippen LogP contribution in [-0.4, -0.2) is 72.3 Å². The first kappa shape index (κ1) is 30.8. The van der Waals surface area contributed by atoms with Crippen molar-refractivity contribution in [2.45, 2.75) is 56.9 Å². The maximum atomic E-state index is 13.7. The van der Waals surface area contributed by atoms with Gasteiger partial charge < -0.3 is 14.9 Å². The summed E-state index contributed by atoms with van der Waals surface area (Å²) in [4.78, 5) is 2.22. The van der Waals surface area contributed by atoms with E-state index in [1.54, 1.807) is 32.9 Å². The molecule has 0 fully saturated rings. The minimum absolute atomic E-state index is 0.0441. The van der Waals surface area contributed by atoms with Crippen molar-refractivity contribution in [1.29, 1.82) is 0 Å². The molecule has 1 aliphatic rings. The summed E-state index contributed by atoms with van der Waals surface area (Å²) in [6, 6.07) is 22.9. The van der Waals surface area contributed by atoms with Crippen molar-refractivity contribution in [2.24, 2.45) is 5.92 Å². The van der Waals surface area contributed by atoms with E-state index in [1.807, 2.05) is 32.2 Å². The molecule has 0 radical (unpaired) electrons. The number of aliphatic hydroxyl groups is 2. The lowest BCUT2D eigenvalue weighted by Crippen LogP contribution is -2.49. The number of ether oxygens (including phenoxy) is 1. The molecule has 0 aliphatic carbocycles. The highest BCUT2D eigenvalue weighted by atomic mass is 32.2. The summed E-state index contributed by atoms with van der Waals surface area (Å²) < 4.78 is 35.2. The molecule has 218 valence electrons. The van der Waals surface area contributed by atoms with Gasteiger partial charge in [0.15, 0.2) is 0 Å². The Kier molecular flexibility index (Phi) is 9.58. The van der Waals surface area contributed by atoms with E-state index in [-0.39, 0.29) is 35.8 Å². The number of likely N-dealkylation sites (N-methyl/N-ethyl adjacent to an activating group) is 1. The second-order valence-electron chi connectivity index (χ2n) is 11.5. The molecule has 0 aromatic heterocycles. The minimum Gasteiger partial charge on any atom is -0.487 e. The van der Waals surface area contributed by atoms with Crippen LogP contribution in [0.1, 0.15) is 38.8 Å². The highest BCUT2D eigenvalue weighted by molar-refractivity contribution is 7.89. The molecule has 8 heteroatoms. The van der Waals surface area contributed by atoms with Gasteiger partial charge in [0, 0.05) is 37.2 Å². The molecule has 0 bridgehead atoms. The molecule has 4 rings (SSSR count). The van der Waals surface area contributed by atoms with Crippen LogP contribution >= 0.6 is 0 Å². The molecule has 0 amide bonds. The van der Waals surface area contributed by atoms with Crippen LogP contribution in [0, 0.1) is 17.8 Å². The molecule has 1 aliphatic heterocycles. The van der Waals surface area contributed by atoms with Gasteiger partial charge in [-0.3, -0.25) is 4.90 Å². The van der Waals surface area contributed by atoms with Crippen molar-refractivity contribution in [3.63, 3.8) is 0 Å². The second kappa shape index (κ2) is 12.8. The largest absolute Gasteiger partial charge is 0.487 e. The maximum Gasteiger partial charge on any atom is 0.247 e. The third-order valence-electron chi connectivity index (χ3n) is 7.19. The quantitative estimate of drug-likeness (QED) is 0.406. The Morgan fingerprint density at radius 2 is 1.73 bits per heavy atom. The molecule has 1 heterocycles. The lowest BCUT2D eigenvalue weighted by Gasteiger charge is -2.37. The van der Waals surface area contributed by atoms with Gasteiger partial charge in [-0.1, -0.05) is 73.4 Å². The zero-order valence-corrected chi connectivity index (χ0v) is 25.2. The smallest absolute Gasteiger partial charge is 0.247 e. The van der Waals surface area contributed by atoms with E-state index in [2.05, 4.69) is 53.1 Å². The molecule has 3 aromatic rings. The molecule has 7 nitrogen and oxygen atoms in total. The zero-order chi connectivity index (χ0) is 29.8. The summed E-state index contributed by atoms with van der Waals surface area (Å²) in [7, 11) is -1.91. The Morgan fingerprint density at radius 3 is 2.37 bits per heavy atom. The summed E-state index contributed by atoms with van der Waals surface area (Å²) in [5.74, 6) is 5.75. The number of hydrogen-bond acceptors (Lipinski definition) is 6. The van der Waals surface area contributed by atoms with E-state index >= 15 is 0 Å². The van der Waals surface area contributed by atoms with Crippen molar-refractivity contribution >= 4 is 10.0 Å². The van der Waals surface area contributed by atoms with Gasteiger partial charge in [-0.15, -0.1) is 0 Å². The first-order valence-corrected chi connectivity index (χ1v) is 15.3. The fraction of sp³-hybridized carbons (Fsp3) is 0.394. The van der Waals surface area contributed by atoms with Gasteiger partial charge >= 0.3 is 0 Å². The fourth-order valence-electron chi connectivity index (χ4n) is 4.86. The van der Waals surface area contributed by atoms with Crippen LogP contribution in [0.4, 0.5) is 0 Å². The molecule has 41 heavy (non-hydrogen) atoms. The van der Waals surface area contributed by atoms with E-state index in [0.29, 0.717) is 18.7 Å². The van der Waals surface area contributed by atoms with Crippen molar-refractivity contribution in [3.05, 3.63) is 83.9 Å². The average molecular weight is 577 g/mol. The molecule has 3 atom stereocenters. The number of benzene rings is 3. The maximum absolute atomic E-state index is 13.7. The number of fused-ring (bicyclic) bond motifs is 1. The number of hydrogen-bond donors (Lipinski definition) is 2. The molecule has 0 unspecified atom stereocenters. The summed E-state index contributed by atoms with van der Waals surface area (Å²) >= 11 is 0. The Bertz CT molecular complexity index is 1490. The van der Waals surface area contributed by atoms with Crippen LogP contribution in [0.25, 0.3) is 11.1 Å². The van der Waals surface area contributed by atoms with Crippen LogP contribution in [-0.2, 0) is 16.6 Å². The monoisotopic (exact) mass is 576 g/mol. The van der Waals surface area contributed by atoms with E-state index in [1.165, 1.54) is 15.9 Å². The van der Waals surface area contributed by atoms with Gasteiger partial charge in [-0.25, -0.2) is 8.42 Å². The summed E-state index contributed by atoms with van der Waals surface area (Å²) in [6.07, 6.45) is -0.330. The highest BCUT2D eigenvalue weighted by Gasteiger charge is 2.38. The minimum atomic E-state index is -3.94. The van der Waals surface area contributed by atoms with Crippen LogP contribution in [0.5, 0.6) is 5.75 Å². The summed E-state index contributed by atoms with van der Waals surface area (Å²) in [5.41, 5.74) is 2.85. The predicted octanol–water partition coefficient (Wildman–Crippen LogP) is 4.38. The van der Waals surface area contributed by atoms with Crippen LogP contribution in [0.2, 0.25) is 0 Å². The topological polar surface area (TPSA) is 90.3 Å². The fourth-order valence-corrected chi connectivity index (χ4v) is 6.69. The van der Waals surface area contributed by atoms with Gasteiger partial charge in [0.25, 0.3) is 0 Å². The molecule has 3 aromatic carbocycles. The molecule has 0 saturated heterocycles. The number of nitrogens with zero attached hydrogens (tertiary/aromatic N) is 2. The van der Waals surface area contributed by atoms with Gasteiger partial charge in [0.2, 0.25) is 10.0 Å². The number of rotatable bonds is 7. The van der Waals surface area contributed by atoms with E-state index in [0.717, 1.165) is 11.1 Å². The lowest BCUT2D eigenvalue weighted by molar-refractivity contribution is 0.0733. The van der Waals surface area contributed by atoms with Crippen molar-refractivity contribution < 1.29 is 23.4 Å². The Hall–Kier alpha value is -3.19. The SMILES string of the molecule is C[C@@H]1CN([C@@H](C)CO)S(=O)(=O)c2ccc(C#CC(C)(C)O)cc2O[C@@H]1CN(C)Cc1ccc(-c2ccccc2)cc1. The second-order valence-corrected chi connectivity index (χ2v) is 13.3. The Labute approximate surface area is 244 Å². The third-order valence-corrected chi connectivity index (χ3v) is 9.20. The average Bonchev–Trinajstić information content (AvgIpc) is 2.93. The first-order valence-electron chi connectivity index (χ1n) is 13.9. The normalized spacial score (nSPS) is 19.7. The predicted molar refractivity (Wildman–Crippen MR) is 162 cm³/mol. The highest BCUT2D eigenvalue weighted by Crippen LogP contribution is 2.34. The molecule has 2 N–H and O–H groups in total. The number of aliphatic hydroxyl groups excluding tert-OH is 1.